The summed E-state index contributed by atoms with van der Waals surface area (Å²) in [7, 11) is 0. The van der Waals surface area contributed by atoms with Crippen LogP contribution in [0.2, 0.25) is 0 Å². The van der Waals surface area contributed by atoms with E-state index in [4.69, 9.17) is 4.74 Å². The number of hydrogen-bond donors (Lipinski definition) is 3. The molecular formula is C28H43N3O5. The summed E-state index contributed by atoms with van der Waals surface area (Å²) < 4.78 is 5.31. The van der Waals surface area contributed by atoms with Crippen LogP contribution in [-0.4, -0.2) is 58.2 Å². The van der Waals surface area contributed by atoms with Crippen molar-refractivity contribution in [2.24, 2.45) is 0 Å². The molecular weight excluding hydrogens is 458 g/mol. The third-order valence-electron chi connectivity index (χ3n) is 6.93. The van der Waals surface area contributed by atoms with Gasteiger partial charge in [-0.3, -0.25) is 9.59 Å². The van der Waals surface area contributed by atoms with E-state index in [-0.39, 0.29) is 18.0 Å². The van der Waals surface area contributed by atoms with Gasteiger partial charge >= 0.3 is 6.09 Å². The van der Waals surface area contributed by atoms with Gasteiger partial charge in [0, 0.05) is 12.1 Å². The van der Waals surface area contributed by atoms with Crippen molar-refractivity contribution in [3.8, 4) is 0 Å². The minimum absolute atomic E-state index is 0.0894. The van der Waals surface area contributed by atoms with E-state index in [0.29, 0.717) is 0 Å². The summed E-state index contributed by atoms with van der Waals surface area (Å²) in [5, 5.41) is 15.8. The number of nitrogens with one attached hydrogen (secondary N) is 2. The van der Waals surface area contributed by atoms with Gasteiger partial charge in [-0.15, -0.1) is 0 Å². The topological polar surface area (TPSA) is 108 Å². The number of carbonyl (C=O) groups is 3. The third-order valence-corrected chi connectivity index (χ3v) is 6.93. The second-order valence-electron chi connectivity index (χ2n) is 11.4. The number of alkyl carbamates (subject to hydrolysis) is 1. The zero-order valence-corrected chi connectivity index (χ0v) is 22.4. The molecule has 2 fully saturated rings. The van der Waals surface area contributed by atoms with Crippen LogP contribution in [-0.2, 0) is 14.3 Å². The fourth-order valence-electron chi connectivity index (χ4n) is 5.13. The summed E-state index contributed by atoms with van der Waals surface area (Å²) in [6, 6.07) is 3.82. The Labute approximate surface area is 215 Å². The molecule has 0 spiro atoms. The fraction of sp³-hybridized carbons (Fsp3) is 0.679. The van der Waals surface area contributed by atoms with Crippen molar-refractivity contribution in [1.29, 1.82) is 0 Å². The van der Waals surface area contributed by atoms with Crippen LogP contribution in [0, 0.1) is 13.8 Å². The van der Waals surface area contributed by atoms with Crippen molar-refractivity contribution in [2.45, 2.75) is 116 Å². The summed E-state index contributed by atoms with van der Waals surface area (Å²) in [5.74, 6) is -0.683. The highest BCUT2D eigenvalue weighted by atomic mass is 16.6. The predicted molar refractivity (Wildman–Crippen MR) is 138 cm³/mol. The predicted octanol–water partition coefficient (Wildman–Crippen LogP) is 4.06. The molecule has 0 aromatic heterocycles. The average Bonchev–Trinajstić information content (AvgIpc) is 2.74. The van der Waals surface area contributed by atoms with Gasteiger partial charge in [0.25, 0.3) is 0 Å². The molecule has 0 heterocycles. The largest absolute Gasteiger partial charge is 0.444 e. The first-order valence-corrected chi connectivity index (χ1v) is 13.3. The van der Waals surface area contributed by atoms with Gasteiger partial charge in [-0.1, -0.05) is 48.6 Å². The van der Waals surface area contributed by atoms with Gasteiger partial charge in [-0.25, -0.2) is 4.79 Å². The molecule has 2 unspecified atom stereocenters. The first-order chi connectivity index (χ1) is 17.0. The Morgan fingerprint density at radius 3 is 2.11 bits per heavy atom. The summed E-state index contributed by atoms with van der Waals surface area (Å²) in [5.41, 5.74) is 2.01. The first kappa shape index (κ1) is 28.0. The summed E-state index contributed by atoms with van der Waals surface area (Å²) in [4.78, 5) is 41.8. The zero-order chi connectivity index (χ0) is 26.5. The first-order valence-electron chi connectivity index (χ1n) is 13.3. The van der Waals surface area contributed by atoms with E-state index < -0.39 is 36.3 Å². The van der Waals surface area contributed by atoms with Crippen molar-refractivity contribution >= 4 is 17.9 Å². The standard InChI is InChI=1S/C28H43N3O5/c1-18-14-19(2)16-20(15-18)24(25(33)29-21-10-7-6-8-11-21)31(22-12-9-13-22)26(34)23(17-32)30-27(35)36-28(3,4)5/h14-16,21-24,32H,6-13,17H2,1-5H3,(H,29,33)(H,30,35). The van der Waals surface area contributed by atoms with E-state index in [1.54, 1.807) is 25.7 Å². The van der Waals surface area contributed by atoms with Crippen molar-refractivity contribution in [1.82, 2.24) is 15.5 Å². The second kappa shape index (κ2) is 12.1. The number of aliphatic hydroxyl groups excluding tert-OH is 1. The molecule has 8 heteroatoms. The van der Waals surface area contributed by atoms with Crippen LogP contribution in [0.3, 0.4) is 0 Å². The van der Waals surface area contributed by atoms with Crippen molar-refractivity contribution in [3.05, 3.63) is 34.9 Å². The Morgan fingerprint density at radius 1 is 1.00 bits per heavy atom. The molecule has 2 aliphatic carbocycles. The molecule has 8 nitrogen and oxygen atoms in total. The molecule has 200 valence electrons. The lowest BCUT2D eigenvalue weighted by atomic mass is 9.87. The van der Waals surface area contributed by atoms with E-state index >= 15 is 0 Å². The molecule has 1 aromatic carbocycles. The third kappa shape index (κ3) is 7.45. The molecule has 0 bridgehead atoms. The Balaban J connectivity index is 1.95. The molecule has 2 atom stereocenters. The molecule has 2 aliphatic rings. The van der Waals surface area contributed by atoms with Crippen molar-refractivity contribution in [3.63, 3.8) is 0 Å². The molecule has 0 saturated heterocycles. The van der Waals surface area contributed by atoms with Crippen LogP contribution in [0.15, 0.2) is 18.2 Å². The van der Waals surface area contributed by atoms with Crippen molar-refractivity contribution in [2.75, 3.05) is 6.61 Å². The Morgan fingerprint density at radius 2 is 1.61 bits per heavy atom. The lowest BCUT2D eigenvalue weighted by Gasteiger charge is -2.44. The monoisotopic (exact) mass is 501 g/mol. The molecule has 36 heavy (non-hydrogen) atoms. The maximum atomic E-state index is 13.9. The van der Waals surface area contributed by atoms with Crippen molar-refractivity contribution < 1.29 is 24.2 Å². The highest BCUT2D eigenvalue weighted by Crippen LogP contribution is 2.35. The number of aliphatic hydroxyl groups is 1. The molecule has 2 saturated carbocycles. The van der Waals surface area contributed by atoms with E-state index in [9.17, 15) is 19.5 Å². The van der Waals surface area contributed by atoms with E-state index in [0.717, 1.165) is 61.6 Å². The van der Waals surface area contributed by atoms with Crippen LogP contribution < -0.4 is 10.6 Å². The fourth-order valence-corrected chi connectivity index (χ4v) is 5.13. The number of benzene rings is 1. The maximum absolute atomic E-state index is 13.9. The number of ether oxygens (including phenoxy) is 1. The van der Waals surface area contributed by atoms with Gasteiger partial charge in [0.15, 0.2) is 0 Å². The Hall–Kier alpha value is -2.61. The van der Waals surface area contributed by atoms with Crippen LogP contribution in [0.4, 0.5) is 4.79 Å². The number of carbonyl (C=O) groups excluding carboxylic acids is 3. The lowest BCUT2D eigenvalue weighted by Crippen LogP contribution is -2.59. The maximum Gasteiger partial charge on any atom is 0.408 e. The van der Waals surface area contributed by atoms with Gasteiger partial charge in [0.05, 0.1) is 6.61 Å². The smallest absolute Gasteiger partial charge is 0.408 e. The highest BCUT2D eigenvalue weighted by molar-refractivity contribution is 5.92. The minimum atomic E-state index is -1.21. The molecule has 3 amide bonds. The number of hydrogen-bond acceptors (Lipinski definition) is 5. The minimum Gasteiger partial charge on any atom is -0.444 e. The van der Waals surface area contributed by atoms with E-state index in [1.165, 1.54) is 6.42 Å². The van der Waals surface area contributed by atoms with E-state index in [2.05, 4.69) is 10.6 Å². The number of nitrogens with zero attached hydrogens (tertiary/aromatic N) is 1. The SMILES string of the molecule is Cc1cc(C)cc(C(C(=O)NC2CCCCC2)N(C(=O)C(CO)NC(=O)OC(C)(C)C)C2CCC2)c1. The molecule has 3 N–H and O–H groups in total. The summed E-state index contributed by atoms with van der Waals surface area (Å²) >= 11 is 0. The van der Waals surface area contributed by atoms with Gasteiger partial charge < -0.3 is 25.4 Å². The summed E-state index contributed by atoms with van der Waals surface area (Å²) in [6.45, 7) is 8.55. The lowest BCUT2D eigenvalue weighted by molar-refractivity contribution is -0.148. The van der Waals surface area contributed by atoms with Crippen LogP contribution in [0.5, 0.6) is 0 Å². The molecule has 0 aliphatic heterocycles. The van der Waals surface area contributed by atoms with E-state index in [1.807, 2.05) is 32.0 Å². The highest BCUT2D eigenvalue weighted by Gasteiger charge is 2.42. The van der Waals surface area contributed by atoms with Crippen LogP contribution in [0.1, 0.15) is 94.9 Å². The second-order valence-corrected chi connectivity index (χ2v) is 11.4. The molecule has 0 radical (unpaired) electrons. The molecule has 1 aromatic rings. The number of rotatable bonds is 8. The molecule has 3 rings (SSSR count). The number of amides is 3. The summed E-state index contributed by atoms with van der Waals surface area (Å²) in [6.07, 6.45) is 6.93. The van der Waals surface area contributed by atoms with Crippen LogP contribution >= 0.6 is 0 Å². The van der Waals surface area contributed by atoms with Gasteiger partial charge in [-0.05, 0) is 72.3 Å². The average molecular weight is 502 g/mol. The normalized spacial score (nSPS) is 18.5. The Kier molecular flexibility index (Phi) is 9.39. The van der Waals surface area contributed by atoms with Gasteiger partial charge in [0.1, 0.15) is 17.7 Å². The quantitative estimate of drug-likeness (QED) is 0.498. The van der Waals surface area contributed by atoms with Gasteiger partial charge in [0.2, 0.25) is 11.8 Å². The zero-order valence-electron chi connectivity index (χ0n) is 22.4. The Bertz CT molecular complexity index is 911. The number of aryl methyl sites for hydroxylation is 2. The van der Waals surface area contributed by atoms with Gasteiger partial charge in [-0.2, -0.15) is 0 Å². The van der Waals surface area contributed by atoms with Crippen LogP contribution in [0.25, 0.3) is 0 Å².